The van der Waals surface area contributed by atoms with Crippen molar-refractivity contribution in [1.82, 2.24) is 0 Å². The van der Waals surface area contributed by atoms with E-state index in [-0.39, 0.29) is 23.9 Å². The van der Waals surface area contributed by atoms with Crippen molar-refractivity contribution >= 4 is 5.97 Å². The van der Waals surface area contributed by atoms with Crippen molar-refractivity contribution in [1.29, 1.82) is 0 Å². The predicted octanol–water partition coefficient (Wildman–Crippen LogP) is 1.20. The Balaban J connectivity index is 4.09. The quantitative estimate of drug-likeness (QED) is 0.654. The third kappa shape index (κ3) is 4.34. The molecule has 1 atom stereocenters. The fraction of sp³-hybridized carbons (Fsp3) is 0.889. The topological polar surface area (TPSA) is 46.5 Å². The van der Waals surface area contributed by atoms with E-state index in [1.54, 1.807) is 0 Å². The Morgan fingerprint density at radius 2 is 2.00 bits per heavy atom. The summed E-state index contributed by atoms with van der Waals surface area (Å²) in [5.41, 5.74) is 0.0432. The number of carbonyl (C=O) groups is 1. The first-order valence-electron chi connectivity index (χ1n) is 4.09. The van der Waals surface area contributed by atoms with Crippen molar-refractivity contribution in [3.8, 4) is 0 Å². The lowest BCUT2D eigenvalue weighted by Crippen LogP contribution is -2.25. The lowest BCUT2D eigenvalue weighted by molar-refractivity contribution is -0.148. The van der Waals surface area contributed by atoms with E-state index in [1.807, 2.05) is 20.8 Å². The van der Waals surface area contributed by atoms with Crippen LogP contribution in [0.2, 0.25) is 0 Å². The van der Waals surface area contributed by atoms with Gasteiger partial charge in [0.25, 0.3) is 0 Å². The van der Waals surface area contributed by atoms with Gasteiger partial charge in [-0.15, -0.1) is 0 Å². The van der Waals surface area contributed by atoms with Gasteiger partial charge in [0, 0.05) is 0 Å². The molecule has 1 N–H and O–H groups in total. The Morgan fingerprint density at radius 3 is 2.25 bits per heavy atom. The second-order valence-corrected chi connectivity index (χ2v) is 4.17. The monoisotopic (exact) mass is 174 g/mol. The second-order valence-electron chi connectivity index (χ2n) is 4.17. The Morgan fingerprint density at radius 1 is 1.50 bits per heavy atom. The van der Waals surface area contributed by atoms with E-state index in [9.17, 15) is 4.79 Å². The average Bonchev–Trinajstić information content (AvgIpc) is 1.97. The number of rotatable bonds is 3. The molecular weight excluding hydrogens is 156 g/mol. The van der Waals surface area contributed by atoms with Crippen LogP contribution in [0.5, 0.6) is 0 Å². The normalized spacial score (nSPS) is 14.1. The van der Waals surface area contributed by atoms with E-state index < -0.39 is 0 Å². The molecule has 0 aromatic carbocycles. The fourth-order valence-electron chi connectivity index (χ4n) is 1.13. The van der Waals surface area contributed by atoms with Crippen LogP contribution in [0.4, 0.5) is 0 Å². The van der Waals surface area contributed by atoms with Gasteiger partial charge >= 0.3 is 5.97 Å². The minimum absolute atomic E-state index is 0.0432. The predicted molar refractivity (Wildman–Crippen MR) is 46.7 cm³/mol. The fourth-order valence-corrected chi connectivity index (χ4v) is 1.13. The van der Waals surface area contributed by atoms with Crippen LogP contribution in [0.25, 0.3) is 0 Å². The molecule has 0 aliphatic rings. The standard InChI is InChI=1S/C9H18O3/c1-9(2,3)5-7(6-10)8(11)12-4/h7,10H,5-6H2,1-4H3. The summed E-state index contributed by atoms with van der Waals surface area (Å²) < 4.78 is 4.55. The Hall–Kier alpha value is -0.570. The van der Waals surface area contributed by atoms with Crippen LogP contribution in [-0.2, 0) is 9.53 Å². The van der Waals surface area contributed by atoms with E-state index in [4.69, 9.17) is 5.11 Å². The summed E-state index contributed by atoms with van der Waals surface area (Å²) in [5.74, 6) is -0.706. The van der Waals surface area contributed by atoms with Gasteiger partial charge < -0.3 is 9.84 Å². The van der Waals surface area contributed by atoms with Crippen molar-refractivity contribution < 1.29 is 14.6 Å². The van der Waals surface area contributed by atoms with Crippen LogP contribution in [0, 0.1) is 11.3 Å². The molecule has 0 aromatic rings. The first-order chi connectivity index (χ1) is 5.40. The van der Waals surface area contributed by atoms with Crippen molar-refractivity contribution in [2.75, 3.05) is 13.7 Å². The van der Waals surface area contributed by atoms with Crippen LogP contribution < -0.4 is 0 Å². The molecule has 0 bridgehead atoms. The van der Waals surface area contributed by atoms with Crippen LogP contribution >= 0.6 is 0 Å². The molecule has 0 saturated carbocycles. The van der Waals surface area contributed by atoms with Gasteiger partial charge in [-0.05, 0) is 11.8 Å². The summed E-state index contributed by atoms with van der Waals surface area (Å²) in [6.45, 7) is 5.94. The van der Waals surface area contributed by atoms with Crippen LogP contribution in [0.3, 0.4) is 0 Å². The molecule has 0 spiro atoms. The van der Waals surface area contributed by atoms with E-state index >= 15 is 0 Å². The molecule has 0 heterocycles. The molecule has 0 saturated heterocycles. The zero-order chi connectivity index (χ0) is 9.78. The summed E-state index contributed by atoms with van der Waals surface area (Å²) in [4.78, 5) is 11.0. The zero-order valence-electron chi connectivity index (χ0n) is 8.26. The Bertz CT molecular complexity index is 146. The van der Waals surface area contributed by atoms with Gasteiger partial charge in [0.15, 0.2) is 0 Å². The summed E-state index contributed by atoms with van der Waals surface area (Å²) in [5, 5.41) is 8.89. The number of aliphatic hydroxyl groups excluding tert-OH is 1. The first-order valence-corrected chi connectivity index (χ1v) is 4.09. The molecule has 0 radical (unpaired) electrons. The lowest BCUT2D eigenvalue weighted by atomic mass is 9.85. The molecule has 0 amide bonds. The van der Waals surface area contributed by atoms with Crippen molar-refractivity contribution in [2.45, 2.75) is 27.2 Å². The molecular formula is C9H18O3. The Kier molecular flexibility index (Phi) is 4.24. The van der Waals surface area contributed by atoms with Crippen molar-refractivity contribution in [3.63, 3.8) is 0 Å². The van der Waals surface area contributed by atoms with Gasteiger partial charge in [-0.1, -0.05) is 20.8 Å². The molecule has 0 aliphatic heterocycles. The summed E-state index contributed by atoms with van der Waals surface area (Å²) in [6.07, 6.45) is 0.649. The zero-order valence-corrected chi connectivity index (χ0v) is 8.26. The molecule has 0 aromatic heterocycles. The first kappa shape index (κ1) is 11.4. The molecule has 0 aliphatic carbocycles. The molecule has 3 nitrogen and oxygen atoms in total. The highest BCUT2D eigenvalue weighted by molar-refractivity contribution is 5.72. The molecule has 1 unspecified atom stereocenters. The number of ether oxygens (including phenoxy) is 1. The van der Waals surface area contributed by atoms with Crippen LogP contribution in [-0.4, -0.2) is 24.8 Å². The van der Waals surface area contributed by atoms with Gasteiger partial charge in [-0.3, -0.25) is 4.79 Å². The van der Waals surface area contributed by atoms with Gasteiger partial charge in [0.2, 0.25) is 0 Å². The molecule has 12 heavy (non-hydrogen) atoms. The summed E-state index contributed by atoms with van der Waals surface area (Å²) in [6, 6.07) is 0. The van der Waals surface area contributed by atoms with Crippen LogP contribution in [0.1, 0.15) is 27.2 Å². The molecule has 0 rings (SSSR count). The second kappa shape index (κ2) is 4.45. The van der Waals surface area contributed by atoms with E-state index in [0.29, 0.717) is 6.42 Å². The molecule has 0 fully saturated rings. The van der Waals surface area contributed by atoms with Gasteiger partial charge in [-0.2, -0.15) is 0 Å². The smallest absolute Gasteiger partial charge is 0.311 e. The molecule has 72 valence electrons. The number of aliphatic hydroxyl groups is 1. The summed E-state index contributed by atoms with van der Waals surface area (Å²) in [7, 11) is 1.34. The van der Waals surface area contributed by atoms with Gasteiger partial charge in [0.05, 0.1) is 19.6 Å². The van der Waals surface area contributed by atoms with E-state index in [1.165, 1.54) is 7.11 Å². The minimum Gasteiger partial charge on any atom is -0.469 e. The number of carbonyl (C=O) groups excluding carboxylic acids is 1. The SMILES string of the molecule is COC(=O)C(CO)CC(C)(C)C. The maximum Gasteiger partial charge on any atom is 0.311 e. The maximum atomic E-state index is 11.0. The highest BCUT2D eigenvalue weighted by Crippen LogP contribution is 2.24. The third-order valence-corrected chi connectivity index (χ3v) is 1.61. The molecule has 3 heteroatoms. The van der Waals surface area contributed by atoms with Gasteiger partial charge in [-0.25, -0.2) is 0 Å². The number of hydrogen-bond acceptors (Lipinski definition) is 3. The third-order valence-electron chi connectivity index (χ3n) is 1.61. The number of methoxy groups -OCH3 is 1. The van der Waals surface area contributed by atoms with Crippen molar-refractivity contribution in [2.24, 2.45) is 11.3 Å². The van der Waals surface area contributed by atoms with E-state index in [2.05, 4.69) is 4.74 Å². The van der Waals surface area contributed by atoms with Crippen molar-refractivity contribution in [3.05, 3.63) is 0 Å². The van der Waals surface area contributed by atoms with E-state index in [0.717, 1.165) is 0 Å². The Labute approximate surface area is 73.7 Å². The summed E-state index contributed by atoms with van der Waals surface area (Å²) >= 11 is 0. The largest absolute Gasteiger partial charge is 0.469 e. The number of hydrogen-bond donors (Lipinski definition) is 1. The average molecular weight is 174 g/mol. The lowest BCUT2D eigenvalue weighted by Gasteiger charge is -2.22. The van der Waals surface area contributed by atoms with Gasteiger partial charge in [0.1, 0.15) is 0 Å². The highest BCUT2D eigenvalue weighted by atomic mass is 16.5. The minimum atomic E-state index is -0.380. The van der Waals surface area contributed by atoms with Crippen LogP contribution in [0.15, 0.2) is 0 Å². The highest BCUT2D eigenvalue weighted by Gasteiger charge is 2.24. The number of esters is 1. The maximum absolute atomic E-state index is 11.0.